The normalized spacial score (nSPS) is 20.6. The van der Waals surface area contributed by atoms with Crippen LogP contribution in [-0.2, 0) is 11.3 Å². The average Bonchev–Trinajstić information content (AvgIpc) is 3.23. The second-order valence-electron chi connectivity index (χ2n) is 4.65. The minimum Gasteiger partial charge on any atom is -0.378 e. The first kappa shape index (κ1) is 10.9. The molecule has 2 fully saturated rings. The van der Waals surface area contributed by atoms with E-state index in [-0.39, 0.29) is 0 Å². The molecule has 0 spiro atoms. The molecule has 0 amide bonds. The van der Waals surface area contributed by atoms with Crippen molar-refractivity contribution in [2.75, 3.05) is 31.2 Å². The van der Waals surface area contributed by atoms with Crippen LogP contribution in [0, 0.1) is 0 Å². The van der Waals surface area contributed by atoms with Crippen molar-refractivity contribution in [1.29, 1.82) is 0 Å². The van der Waals surface area contributed by atoms with Crippen molar-refractivity contribution in [2.24, 2.45) is 5.73 Å². The number of ether oxygens (including phenoxy) is 1. The molecular formula is C12H18N4O. The molecule has 5 heteroatoms. The van der Waals surface area contributed by atoms with Crippen molar-refractivity contribution in [3.8, 4) is 0 Å². The van der Waals surface area contributed by atoms with Gasteiger partial charge >= 0.3 is 0 Å². The maximum absolute atomic E-state index is 5.70. The Balaban J connectivity index is 1.88. The second kappa shape index (κ2) is 4.58. The zero-order valence-corrected chi connectivity index (χ0v) is 9.93. The van der Waals surface area contributed by atoms with Gasteiger partial charge in [0.15, 0.2) is 0 Å². The van der Waals surface area contributed by atoms with E-state index in [1.54, 1.807) is 0 Å². The highest BCUT2D eigenvalue weighted by Gasteiger charge is 2.28. The van der Waals surface area contributed by atoms with Crippen LogP contribution in [0.3, 0.4) is 0 Å². The highest BCUT2D eigenvalue weighted by molar-refractivity contribution is 5.41. The Labute approximate surface area is 101 Å². The summed E-state index contributed by atoms with van der Waals surface area (Å²) < 4.78 is 5.36. The number of aromatic nitrogens is 2. The minimum absolute atomic E-state index is 0.486. The molecular weight excluding hydrogens is 216 g/mol. The molecule has 1 aliphatic heterocycles. The van der Waals surface area contributed by atoms with Crippen molar-refractivity contribution in [1.82, 2.24) is 9.97 Å². The van der Waals surface area contributed by atoms with Crippen LogP contribution in [0.5, 0.6) is 0 Å². The Morgan fingerprint density at radius 3 is 2.71 bits per heavy atom. The maximum atomic E-state index is 5.70. The molecule has 1 aliphatic carbocycles. The number of nitrogens with zero attached hydrogens (tertiary/aromatic N) is 3. The molecule has 1 saturated heterocycles. The molecule has 1 saturated carbocycles. The predicted octanol–water partition coefficient (Wildman–Crippen LogP) is 0.649. The van der Waals surface area contributed by atoms with Crippen LogP contribution in [0.1, 0.15) is 30.3 Å². The van der Waals surface area contributed by atoms with Crippen LogP contribution in [0.2, 0.25) is 0 Å². The van der Waals surface area contributed by atoms with Crippen LogP contribution in [-0.4, -0.2) is 36.3 Å². The van der Waals surface area contributed by atoms with Crippen molar-refractivity contribution in [3.63, 3.8) is 0 Å². The van der Waals surface area contributed by atoms with Gasteiger partial charge < -0.3 is 15.4 Å². The average molecular weight is 234 g/mol. The van der Waals surface area contributed by atoms with Crippen molar-refractivity contribution >= 4 is 5.82 Å². The summed E-state index contributed by atoms with van der Waals surface area (Å²) in [7, 11) is 0. The summed E-state index contributed by atoms with van der Waals surface area (Å²) >= 11 is 0. The molecule has 0 unspecified atom stereocenters. The number of hydrogen-bond donors (Lipinski definition) is 1. The zero-order chi connectivity index (χ0) is 11.7. The summed E-state index contributed by atoms with van der Waals surface area (Å²) in [5, 5.41) is 0. The standard InChI is InChI=1S/C12H18N4O/c13-8-10-7-11(16-3-5-17-6-4-16)15-12(14-10)9-1-2-9/h7,9H,1-6,8,13H2. The fourth-order valence-electron chi connectivity index (χ4n) is 2.09. The van der Waals surface area contributed by atoms with E-state index in [1.807, 2.05) is 6.07 Å². The largest absolute Gasteiger partial charge is 0.378 e. The van der Waals surface area contributed by atoms with Gasteiger partial charge in [-0.3, -0.25) is 0 Å². The molecule has 17 heavy (non-hydrogen) atoms. The first-order valence-electron chi connectivity index (χ1n) is 6.27. The zero-order valence-electron chi connectivity index (χ0n) is 9.93. The minimum atomic E-state index is 0.486. The maximum Gasteiger partial charge on any atom is 0.134 e. The third-order valence-electron chi connectivity index (χ3n) is 3.27. The Hall–Kier alpha value is -1.20. The third kappa shape index (κ3) is 2.40. The summed E-state index contributed by atoms with van der Waals surface area (Å²) in [6, 6.07) is 2.01. The number of rotatable bonds is 3. The molecule has 92 valence electrons. The molecule has 5 nitrogen and oxygen atoms in total. The predicted molar refractivity (Wildman–Crippen MR) is 64.9 cm³/mol. The molecule has 2 N–H and O–H groups in total. The summed E-state index contributed by atoms with van der Waals surface area (Å²) in [5.74, 6) is 2.57. The Morgan fingerprint density at radius 2 is 2.06 bits per heavy atom. The van der Waals surface area contributed by atoms with Gasteiger partial charge in [-0.25, -0.2) is 9.97 Å². The SMILES string of the molecule is NCc1cc(N2CCOCC2)nc(C2CC2)n1. The van der Waals surface area contributed by atoms with E-state index in [2.05, 4.69) is 14.9 Å². The fraction of sp³-hybridized carbons (Fsp3) is 0.667. The van der Waals surface area contributed by atoms with E-state index in [1.165, 1.54) is 12.8 Å². The topological polar surface area (TPSA) is 64.3 Å². The lowest BCUT2D eigenvalue weighted by Crippen LogP contribution is -2.37. The van der Waals surface area contributed by atoms with Crippen LogP contribution in [0.25, 0.3) is 0 Å². The van der Waals surface area contributed by atoms with Gasteiger partial charge in [0.2, 0.25) is 0 Å². The summed E-state index contributed by atoms with van der Waals surface area (Å²) in [6.45, 7) is 3.86. The molecule has 0 atom stereocenters. The van der Waals surface area contributed by atoms with E-state index in [0.717, 1.165) is 43.6 Å². The highest BCUT2D eigenvalue weighted by Crippen LogP contribution is 2.38. The van der Waals surface area contributed by atoms with E-state index < -0.39 is 0 Å². The number of nitrogens with two attached hydrogens (primary N) is 1. The van der Waals surface area contributed by atoms with Gasteiger partial charge in [-0.2, -0.15) is 0 Å². The smallest absolute Gasteiger partial charge is 0.134 e. The van der Waals surface area contributed by atoms with Gasteiger partial charge in [0.05, 0.1) is 18.9 Å². The molecule has 2 heterocycles. The van der Waals surface area contributed by atoms with Crippen molar-refractivity contribution in [3.05, 3.63) is 17.6 Å². The van der Waals surface area contributed by atoms with Crippen LogP contribution >= 0.6 is 0 Å². The van der Waals surface area contributed by atoms with Gasteiger partial charge in [-0.15, -0.1) is 0 Å². The quantitative estimate of drug-likeness (QED) is 0.832. The van der Waals surface area contributed by atoms with Crippen LogP contribution in [0.15, 0.2) is 6.07 Å². The van der Waals surface area contributed by atoms with E-state index in [0.29, 0.717) is 12.5 Å². The number of morpholine rings is 1. The van der Waals surface area contributed by atoms with Crippen LogP contribution < -0.4 is 10.6 Å². The van der Waals surface area contributed by atoms with Crippen molar-refractivity contribution in [2.45, 2.75) is 25.3 Å². The monoisotopic (exact) mass is 234 g/mol. The molecule has 0 radical (unpaired) electrons. The summed E-state index contributed by atoms with van der Waals surface area (Å²) in [5.41, 5.74) is 6.65. The van der Waals surface area contributed by atoms with E-state index in [4.69, 9.17) is 10.5 Å². The highest BCUT2D eigenvalue weighted by atomic mass is 16.5. The molecule has 1 aromatic rings. The Kier molecular flexibility index (Phi) is 2.94. The Morgan fingerprint density at radius 1 is 1.29 bits per heavy atom. The van der Waals surface area contributed by atoms with Crippen molar-refractivity contribution < 1.29 is 4.74 Å². The molecule has 0 aromatic carbocycles. The number of anilines is 1. The Bertz CT molecular complexity index is 399. The lowest BCUT2D eigenvalue weighted by atomic mass is 10.3. The van der Waals surface area contributed by atoms with Gasteiger partial charge in [0.1, 0.15) is 11.6 Å². The van der Waals surface area contributed by atoms with Gasteiger partial charge in [-0.1, -0.05) is 0 Å². The van der Waals surface area contributed by atoms with Gasteiger partial charge in [-0.05, 0) is 12.8 Å². The van der Waals surface area contributed by atoms with E-state index in [9.17, 15) is 0 Å². The second-order valence-corrected chi connectivity index (χ2v) is 4.65. The van der Waals surface area contributed by atoms with Gasteiger partial charge in [0, 0.05) is 31.6 Å². The first-order valence-corrected chi connectivity index (χ1v) is 6.27. The van der Waals surface area contributed by atoms with Gasteiger partial charge in [0.25, 0.3) is 0 Å². The molecule has 1 aromatic heterocycles. The first-order chi connectivity index (χ1) is 8.36. The lowest BCUT2D eigenvalue weighted by molar-refractivity contribution is 0.122. The lowest BCUT2D eigenvalue weighted by Gasteiger charge is -2.28. The van der Waals surface area contributed by atoms with Crippen LogP contribution in [0.4, 0.5) is 5.82 Å². The summed E-state index contributed by atoms with van der Waals surface area (Å²) in [4.78, 5) is 11.4. The molecule has 2 aliphatic rings. The fourth-order valence-corrected chi connectivity index (χ4v) is 2.09. The third-order valence-corrected chi connectivity index (χ3v) is 3.27. The molecule has 3 rings (SSSR count). The number of hydrogen-bond acceptors (Lipinski definition) is 5. The van der Waals surface area contributed by atoms with E-state index >= 15 is 0 Å². The molecule has 0 bridgehead atoms. The summed E-state index contributed by atoms with van der Waals surface area (Å²) in [6.07, 6.45) is 2.44.